The van der Waals surface area contributed by atoms with E-state index in [-0.39, 0.29) is 0 Å². The molecule has 2 aromatic heterocycles. The molecule has 0 bridgehead atoms. The summed E-state index contributed by atoms with van der Waals surface area (Å²) in [5, 5.41) is 1.26. The number of hydrogen-bond donors (Lipinski definition) is 0. The van der Waals surface area contributed by atoms with E-state index in [9.17, 15) is 0 Å². The molecule has 0 spiro atoms. The van der Waals surface area contributed by atoms with Crippen molar-refractivity contribution in [2.24, 2.45) is 7.05 Å². The average Bonchev–Trinajstić information content (AvgIpc) is 2.41. The minimum Gasteiger partial charge on any atom is -0.264 e. The first-order valence-electron chi connectivity index (χ1n) is 6.06. The number of rotatable bonds is 1. The molecule has 18 heavy (non-hydrogen) atoms. The van der Waals surface area contributed by atoms with E-state index >= 15 is 0 Å². The molecule has 2 heteroatoms. The van der Waals surface area contributed by atoms with Gasteiger partial charge in [0.1, 0.15) is 7.05 Å². The van der Waals surface area contributed by atoms with Gasteiger partial charge >= 0.3 is 0 Å². The number of para-hydroxylation sites is 1. The monoisotopic (exact) mass is 235 g/mol. The summed E-state index contributed by atoms with van der Waals surface area (Å²) in [6.45, 7) is 2.09. The number of pyridine rings is 2. The fourth-order valence-electron chi connectivity index (χ4n) is 2.38. The molecule has 0 amide bonds. The summed E-state index contributed by atoms with van der Waals surface area (Å²) in [7, 11) is 2.11. The van der Waals surface area contributed by atoms with E-state index in [0.717, 1.165) is 0 Å². The second-order valence-electron chi connectivity index (χ2n) is 4.53. The van der Waals surface area contributed by atoms with Crippen LogP contribution in [0.2, 0.25) is 0 Å². The van der Waals surface area contributed by atoms with Crippen LogP contribution in [-0.4, -0.2) is 4.98 Å². The minimum absolute atomic E-state index is 1.20. The number of hydrogen-bond acceptors (Lipinski definition) is 1. The zero-order valence-corrected chi connectivity index (χ0v) is 10.6. The maximum absolute atomic E-state index is 4.15. The molecule has 0 aliphatic heterocycles. The average molecular weight is 235 g/mol. The van der Waals surface area contributed by atoms with E-state index in [4.69, 9.17) is 0 Å². The van der Waals surface area contributed by atoms with Crippen LogP contribution < -0.4 is 4.57 Å². The van der Waals surface area contributed by atoms with Gasteiger partial charge in [0.15, 0.2) is 0 Å². The second-order valence-corrected chi connectivity index (χ2v) is 4.53. The van der Waals surface area contributed by atoms with Gasteiger partial charge in [-0.3, -0.25) is 4.98 Å². The SMILES string of the molecule is Cc1cnccc1-c1ccc2ccccc2[n+]1C. The summed E-state index contributed by atoms with van der Waals surface area (Å²) in [5.41, 5.74) is 4.89. The Kier molecular flexibility index (Phi) is 2.56. The van der Waals surface area contributed by atoms with Gasteiger partial charge in [-0.2, -0.15) is 4.57 Å². The summed E-state index contributed by atoms with van der Waals surface area (Å²) in [6, 6.07) is 14.8. The standard InChI is InChI=1S/C16H15N2/c1-12-11-17-10-9-14(12)16-8-7-13-5-3-4-6-15(13)18(16)2/h3-11H,1-2H3/q+1. The van der Waals surface area contributed by atoms with Crippen molar-refractivity contribution in [1.82, 2.24) is 4.98 Å². The number of aromatic nitrogens is 2. The topological polar surface area (TPSA) is 16.8 Å². The maximum atomic E-state index is 4.15. The van der Waals surface area contributed by atoms with Crippen molar-refractivity contribution in [3.63, 3.8) is 0 Å². The highest BCUT2D eigenvalue weighted by molar-refractivity contribution is 5.77. The van der Waals surface area contributed by atoms with Crippen LogP contribution in [0.3, 0.4) is 0 Å². The van der Waals surface area contributed by atoms with Gasteiger partial charge in [-0.05, 0) is 30.7 Å². The van der Waals surface area contributed by atoms with Gasteiger partial charge in [0.2, 0.25) is 11.2 Å². The van der Waals surface area contributed by atoms with Gasteiger partial charge in [-0.1, -0.05) is 12.1 Å². The van der Waals surface area contributed by atoms with E-state index < -0.39 is 0 Å². The van der Waals surface area contributed by atoms with Crippen molar-refractivity contribution < 1.29 is 4.57 Å². The lowest BCUT2D eigenvalue weighted by Crippen LogP contribution is -2.32. The smallest absolute Gasteiger partial charge is 0.213 e. The molecular weight excluding hydrogens is 220 g/mol. The first-order valence-corrected chi connectivity index (χ1v) is 6.06. The number of benzene rings is 1. The van der Waals surface area contributed by atoms with Crippen molar-refractivity contribution in [2.75, 3.05) is 0 Å². The quantitative estimate of drug-likeness (QED) is 0.592. The van der Waals surface area contributed by atoms with Crippen molar-refractivity contribution >= 4 is 10.9 Å². The van der Waals surface area contributed by atoms with Gasteiger partial charge in [-0.25, -0.2) is 0 Å². The van der Waals surface area contributed by atoms with Crippen LogP contribution in [-0.2, 0) is 7.05 Å². The zero-order valence-electron chi connectivity index (χ0n) is 10.6. The summed E-state index contributed by atoms with van der Waals surface area (Å²) in [4.78, 5) is 4.15. The first kappa shape index (κ1) is 10.9. The molecule has 88 valence electrons. The van der Waals surface area contributed by atoms with Gasteiger partial charge in [0, 0.05) is 29.9 Å². The summed E-state index contributed by atoms with van der Waals surface area (Å²) >= 11 is 0. The predicted molar refractivity (Wildman–Crippen MR) is 73.1 cm³/mol. The van der Waals surface area contributed by atoms with Crippen LogP contribution in [0, 0.1) is 6.92 Å². The first-order chi connectivity index (χ1) is 8.77. The Balaban J connectivity index is 2.31. The van der Waals surface area contributed by atoms with Crippen LogP contribution in [0.25, 0.3) is 22.2 Å². The minimum atomic E-state index is 1.20. The molecule has 3 aromatic rings. The molecule has 3 rings (SSSR count). The van der Waals surface area contributed by atoms with E-state index in [1.807, 2.05) is 12.4 Å². The highest BCUT2D eigenvalue weighted by atomic mass is 14.9. The Labute approximate surface area is 107 Å². The van der Waals surface area contributed by atoms with Crippen molar-refractivity contribution in [1.29, 1.82) is 0 Å². The van der Waals surface area contributed by atoms with Gasteiger partial charge in [0.05, 0.1) is 5.56 Å². The molecule has 0 atom stereocenters. The lowest BCUT2D eigenvalue weighted by Gasteiger charge is -2.05. The Hall–Kier alpha value is -2.22. The van der Waals surface area contributed by atoms with E-state index in [0.29, 0.717) is 0 Å². The Morgan fingerprint density at radius 1 is 1.00 bits per heavy atom. The van der Waals surface area contributed by atoms with E-state index in [1.54, 1.807) is 0 Å². The molecule has 0 radical (unpaired) electrons. The largest absolute Gasteiger partial charge is 0.264 e. The molecule has 0 fully saturated rings. The van der Waals surface area contributed by atoms with Crippen LogP contribution in [0.5, 0.6) is 0 Å². The Bertz CT molecular complexity index is 717. The zero-order chi connectivity index (χ0) is 12.5. The Morgan fingerprint density at radius 3 is 2.67 bits per heavy atom. The maximum Gasteiger partial charge on any atom is 0.213 e. The predicted octanol–water partition coefficient (Wildman–Crippen LogP) is 3.03. The van der Waals surface area contributed by atoms with Crippen LogP contribution in [0.4, 0.5) is 0 Å². The summed E-state index contributed by atoms with van der Waals surface area (Å²) in [6.07, 6.45) is 3.75. The fraction of sp³-hybridized carbons (Fsp3) is 0.125. The molecule has 0 aliphatic rings. The van der Waals surface area contributed by atoms with E-state index in [1.165, 1.54) is 27.7 Å². The molecule has 1 aromatic carbocycles. The summed E-state index contributed by atoms with van der Waals surface area (Å²) in [5.74, 6) is 0. The molecule has 0 saturated heterocycles. The van der Waals surface area contributed by atoms with Crippen molar-refractivity contribution in [3.05, 3.63) is 60.4 Å². The number of fused-ring (bicyclic) bond motifs is 1. The highest BCUT2D eigenvalue weighted by Gasteiger charge is 2.14. The molecule has 0 unspecified atom stereocenters. The molecule has 2 heterocycles. The summed E-state index contributed by atoms with van der Waals surface area (Å²) < 4.78 is 2.23. The lowest BCUT2D eigenvalue weighted by molar-refractivity contribution is -0.633. The molecule has 0 aliphatic carbocycles. The number of nitrogens with zero attached hydrogens (tertiary/aromatic N) is 2. The number of aryl methyl sites for hydroxylation is 2. The van der Waals surface area contributed by atoms with Crippen molar-refractivity contribution in [2.45, 2.75) is 6.92 Å². The molecule has 0 saturated carbocycles. The third-order valence-electron chi connectivity index (χ3n) is 3.38. The lowest BCUT2D eigenvalue weighted by atomic mass is 10.1. The molecule has 0 N–H and O–H groups in total. The normalized spacial score (nSPS) is 10.8. The van der Waals surface area contributed by atoms with Gasteiger partial charge in [-0.15, -0.1) is 0 Å². The second kappa shape index (κ2) is 4.22. The van der Waals surface area contributed by atoms with E-state index in [2.05, 4.69) is 66.0 Å². The van der Waals surface area contributed by atoms with Gasteiger partial charge < -0.3 is 0 Å². The van der Waals surface area contributed by atoms with Gasteiger partial charge in [0.25, 0.3) is 0 Å². The third-order valence-corrected chi connectivity index (χ3v) is 3.38. The highest BCUT2D eigenvalue weighted by Crippen LogP contribution is 2.21. The Morgan fingerprint density at radius 2 is 1.83 bits per heavy atom. The van der Waals surface area contributed by atoms with Crippen molar-refractivity contribution in [3.8, 4) is 11.3 Å². The van der Waals surface area contributed by atoms with Crippen LogP contribution >= 0.6 is 0 Å². The fourth-order valence-corrected chi connectivity index (χ4v) is 2.38. The molecule has 2 nitrogen and oxygen atoms in total. The molecular formula is C16H15N2+. The van der Waals surface area contributed by atoms with Crippen LogP contribution in [0.15, 0.2) is 54.9 Å². The van der Waals surface area contributed by atoms with Crippen LogP contribution in [0.1, 0.15) is 5.56 Å². The third kappa shape index (κ3) is 1.66.